The highest BCUT2D eigenvalue weighted by Gasteiger charge is 2.40. The fourth-order valence-electron chi connectivity index (χ4n) is 1.64. The standard InChI is InChI=1S/C11H4F6N2O2/c12-6-1-4(2-7(13)8(6)14)19-9(11(15,16)17)5(3-18-19)10(20)21/h1-3H,(H,20,21). The molecule has 1 heterocycles. The number of hydrogen-bond acceptors (Lipinski definition) is 2. The first-order chi connectivity index (χ1) is 9.62. The number of carbonyl (C=O) groups is 1. The lowest BCUT2D eigenvalue weighted by molar-refractivity contribution is -0.143. The molecular formula is C11H4F6N2O2. The summed E-state index contributed by atoms with van der Waals surface area (Å²) < 4.78 is 77.6. The quantitative estimate of drug-likeness (QED) is 0.685. The van der Waals surface area contributed by atoms with Gasteiger partial charge in [0.15, 0.2) is 23.1 Å². The molecule has 0 aliphatic heterocycles. The van der Waals surface area contributed by atoms with Crippen molar-refractivity contribution in [1.82, 2.24) is 9.78 Å². The number of rotatable bonds is 2. The molecular weight excluding hydrogens is 306 g/mol. The van der Waals surface area contributed by atoms with E-state index in [2.05, 4.69) is 5.10 Å². The predicted molar refractivity (Wildman–Crippen MR) is 55.4 cm³/mol. The molecule has 1 N–H and O–H groups in total. The second kappa shape index (κ2) is 4.79. The van der Waals surface area contributed by atoms with E-state index in [0.29, 0.717) is 6.20 Å². The molecule has 0 fully saturated rings. The van der Waals surface area contributed by atoms with Crippen molar-refractivity contribution in [3.8, 4) is 5.69 Å². The third-order valence-electron chi connectivity index (χ3n) is 2.48. The number of hydrogen-bond donors (Lipinski definition) is 1. The summed E-state index contributed by atoms with van der Waals surface area (Å²) in [6, 6.07) is 0.540. The molecule has 112 valence electrons. The van der Waals surface area contributed by atoms with Crippen LogP contribution in [0.15, 0.2) is 18.3 Å². The summed E-state index contributed by atoms with van der Waals surface area (Å²) in [4.78, 5) is 10.7. The van der Waals surface area contributed by atoms with E-state index in [1.165, 1.54) is 0 Å². The molecule has 10 heteroatoms. The summed E-state index contributed by atoms with van der Waals surface area (Å²) in [6.07, 6.45) is -4.77. The molecule has 1 aromatic carbocycles. The molecule has 21 heavy (non-hydrogen) atoms. The average molecular weight is 310 g/mol. The first-order valence-corrected chi connectivity index (χ1v) is 5.16. The smallest absolute Gasteiger partial charge is 0.434 e. The van der Waals surface area contributed by atoms with Crippen LogP contribution in [-0.4, -0.2) is 20.9 Å². The van der Waals surface area contributed by atoms with Crippen molar-refractivity contribution in [2.75, 3.05) is 0 Å². The van der Waals surface area contributed by atoms with Crippen molar-refractivity contribution in [3.05, 3.63) is 47.0 Å². The zero-order chi connectivity index (χ0) is 15.9. The summed E-state index contributed by atoms with van der Waals surface area (Å²) in [6.45, 7) is 0. The summed E-state index contributed by atoms with van der Waals surface area (Å²) in [5.74, 6) is -7.24. The molecule has 0 amide bonds. The minimum absolute atomic E-state index is 0.0188. The van der Waals surface area contributed by atoms with E-state index in [1.807, 2.05) is 0 Å². The maximum atomic E-state index is 13.1. The number of aromatic nitrogens is 2. The number of nitrogens with zero attached hydrogens (tertiary/aromatic N) is 2. The van der Waals surface area contributed by atoms with E-state index < -0.39 is 46.5 Å². The van der Waals surface area contributed by atoms with Crippen LogP contribution in [0.25, 0.3) is 5.69 Å². The minimum Gasteiger partial charge on any atom is -0.478 e. The fourth-order valence-corrected chi connectivity index (χ4v) is 1.64. The lowest BCUT2D eigenvalue weighted by Crippen LogP contribution is -2.17. The van der Waals surface area contributed by atoms with Gasteiger partial charge < -0.3 is 5.11 Å². The lowest BCUT2D eigenvalue weighted by atomic mass is 10.2. The molecule has 0 spiro atoms. The van der Waals surface area contributed by atoms with Gasteiger partial charge in [-0.3, -0.25) is 0 Å². The fraction of sp³-hybridized carbons (Fsp3) is 0.0909. The van der Waals surface area contributed by atoms with E-state index in [0.717, 1.165) is 0 Å². The van der Waals surface area contributed by atoms with Crippen LogP contribution in [0.5, 0.6) is 0 Å². The Bertz CT molecular complexity index is 699. The highest BCUT2D eigenvalue weighted by atomic mass is 19.4. The Labute approximate surface area is 112 Å². The van der Waals surface area contributed by atoms with Gasteiger partial charge in [-0.25, -0.2) is 22.6 Å². The van der Waals surface area contributed by atoms with E-state index >= 15 is 0 Å². The molecule has 0 aliphatic rings. The zero-order valence-corrected chi connectivity index (χ0v) is 9.75. The number of alkyl halides is 3. The van der Waals surface area contributed by atoms with Gasteiger partial charge in [-0.2, -0.15) is 18.3 Å². The highest BCUT2D eigenvalue weighted by Crippen LogP contribution is 2.34. The van der Waals surface area contributed by atoms with E-state index in [1.54, 1.807) is 0 Å². The third kappa shape index (κ3) is 2.56. The monoisotopic (exact) mass is 310 g/mol. The number of carboxylic acid groups (broad SMARTS) is 1. The van der Waals surface area contributed by atoms with Crippen LogP contribution < -0.4 is 0 Å². The van der Waals surface area contributed by atoms with Crippen molar-refractivity contribution in [2.45, 2.75) is 6.18 Å². The molecule has 0 unspecified atom stereocenters. The zero-order valence-electron chi connectivity index (χ0n) is 9.75. The van der Waals surface area contributed by atoms with Gasteiger partial charge in [0.25, 0.3) is 0 Å². The van der Waals surface area contributed by atoms with Crippen LogP contribution in [0.2, 0.25) is 0 Å². The summed E-state index contributed by atoms with van der Waals surface area (Å²) in [7, 11) is 0. The normalized spacial score (nSPS) is 11.7. The Morgan fingerprint density at radius 2 is 1.67 bits per heavy atom. The van der Waals surface area contributed by atoms with Crippen LogP contribution >= 0.6 is 0 Å². The van der Waals surface area contributed by atoms with Gasteiger partial charge in [0, 0.05) is 12.1 Å². The van der Waals surface area contributed by atoms with Crippen molar-refractivity contribution in [2.24, 2.45) is 0 Å². The van der Waals surface area contributed by atoms with E-state index in [4.69, 9.17) is 5.11 Å². The SMILES string of the molecule is O=C(O)c1cnn(-c2cc(F)c(F)c(F)c2)c1C(F)(F)F. The van der Waals surface area contributed by atoms with Crippen molar-refractivity contribution >= 4 is 5.97 Å². The van der Waals surface area contributed by atoms with Crippen LogP contribution in [0.4, 0.5) is 26.3 Å². The molecule has 0 radical (unpaired) electrons. The molecule has 0 bridgehead atoms. The molecule has 0 atom stereocenters. The van der Waals surface area contributed by atoms with Gasteiger partial charge in [0.2, 0.25) is 0 Å². The van der Waals surface area contributed by atoms with Crippen LogP contribution in [-0.2, 0) is 6.18 Å². The molecule has 1 aromatic heterocycles. The van der Waals surface area contributed by atoms with E-state index in [9.17, 15) is 31.1 Å². The van der Waals surface area contributed by atoms with E-state index in [-0.39, 0.29) is 16.8 Å². The largest absolute Gasteiger partial charge is 0.478 e. The number of benzene rings is 1. The topological polar surface area (TPSA) is 55.1 Å². The highest BCUT2D eigenvalue weighted by molar-refractivity contribution is 5.89. The predicted octanol–water partition coefficient (Wildman–Crippen LogP) is 3.01. The second-order valence-corrected chi connectivity index (χ2v) is 3.84. The Kier molecular flexibility index (Phi) is 3.39. The summed E-state index contributed by atoms with van der Waals surface area (Å²) >= 11 is 0. The first kappa shape index (κ1) is 14.9. The number of carboxylic acids is 1. The van der Waals surface area contributed by atoms with Gasteiger partial charge >= 0.3 is 12.1 Å². The van der Waals surface area contributed by atoms with Crippen LogP contribution in [0.3, 0.4) is 0 Å². The molecule has 0 saturated heterocycles. The van der Waals surface area contributed by atoms with Crippen molar-refractivity contribution < 1.29 is 36.2 Å². The third-order valence-corrected chi connectivity index (χ3v) is 2.48. The molecule has 2 aromatic rings. The molecule has 0 saturated carbocycles. The van der Waals surface area contributed by atoms with Crippen LogP contribution in [0, 0.1) is 17.5 Å². The first-order valence-electron chi connectivity index (χ1n) is 5.16. The Morgan fingerprint density at radius 1 is 1.14 bits per heavy atom. The molecule has 0 aliphatic carbocycles. The average Bonchev–Trinajstić information content (AvgIpc) is 2.79. The summed E-state index contributed by atoms with van der Waals surface area (Å²) in [5.41, 5.74) is -3.74. The molecule has 2 rings (SSSR count). The number of halogens is 6. The van der Waals surface area contributed by atoms with Crippen molar-refractivity contribution in [1.29, 1.82) is 0 Å². The second-order valence-electron chi connectivity index (χ2n) is 3.84. The minimum atomic E-state index is -5.15. The Balaban J connectivity index is 2.73. The Morgan fingerprint density at radius 3 is 2.10 bits per heavy atom. The van der Waals surface area contributed by atoms with Gasteiger partial charge in [0.05, 0.1) is 11.9 Å². The van der Waals surface area contributed by atoms with Crippen LogP contribution in [0.1, 0.15) is 16.1 Å². The summed E-state index contributed by atoms with van der Waals surface area (Å²) in [5, 5.41) is 11.8. The number of aromatic carboxylic acids is 1. The maximum Gasteiger partial charge on any atom is 0.434 e. The van der Waals surface area contributed by atoms with Crippen molar-refractivity contribution in [3.63, 3.8) is 0 Å². The lowest BCUT2D eigenvalue weighted by Gasteiger charge is -2.12. The molecule has 4 nitrogen and oxygen atoms in total. The van der Waals surface area contributed by atoms with Gasteiger partial charge in [-0.1, -0.05) is 0 Å². The Hall–Kier alpha value is -2.52. The maximum absolute atomic E-state index is 13.1. The van der Waals surface area contributed by atoms with Gasteiger partial charge in [-0.05, 0) is 0 Å². The van der Waals surface area contributed by atoms with Gasteiger partial charge in [-0.15, -0.1) is 0 Å². The van der Waals surface area contributed by atoms with Gasteiger partial charge in [0.1, 0.15) is 5.56 Å².